The number of aryl methyl sites for hydroxylation is 1. The van der Waals surface area contributed by atoms with Crippen molar-refractivity contribution in [1.82, 2.24) is 15.0 Å². The minimum Gasteiger partial charge on any atom is -0.236 e. The second-order valence-electron chi connectivity index (χ2n) is 4.55. The fourth-order valence-electron chi connectivity index (χ4n) is 1.86. The molecule has 3 aromatic rings. The number of pyridine rings is 1. The number of aromatic nitrogens is 3. The molecule has 0 radical (unpaired) electrons. The first-order chi connectivity index (χ1) is 10.3. The highest BCUT2D eigenvalue weighted by Crippen LogP contribution is 2.12. The second kappa shape index (κ2) is 5.98. The third kappa shape index (κ3) is 3.31. The second-order valence-corrected chi connectivity index (χ2v) is 4.55. The molecule has 1 aromatic carbocycles. The molecule has 0 bridgehead atoms. The normalized spacial score (nSPS) is 9.76. The zero-order chi connectivity index (χ0) is 14.5. The van der Waals surface area contributed by atoms with Gasteiger partial charge in [0.05, 0.1) is 0 Å². The van der Waals surface area contributed by atoms with Crippen LogP contribution in [0, 0.1) is 18.8 Å². The summed E-state index contributed by atoms with van der Waals surface area (Å²) >= 11 is 0. The number of hydrogen-bond acceptors (Lipinski definition) is 3. The maximum absolute atomic E-state index is 4.50. The maximum Gasteiger partial charge on any atom is 0.178 e. The molecular weight excluding hydrogens is 258 g/mol. The quantitative estimate of drug-likeness (QED) is 0.638. The van der Waals surface area contributed by atoms with Gasteiger partial charge < -0.3 is 0 Å². The Bertz CT molecular complexity index is 814. The van der Waals surface area contributed by atoms with Crippen molar-refractivity contribution < 1.29 is 0 Å². The Hall–Kier alpha value is -2.99. The van der Waals surface area contributed by atoms with E-state index >= 15 is 0 Å². The number of rotatable bonds is 1. The molecule has 2 heterocycles. The molecule has 2 aromatic heterocycles. The Labute approximate surface area is 123 Å². The summed E-state index contributed by atoms with van der Waals surface area (Å²) < 4.78 is 0. The lowest BCUT2D eigenvalue weighted by molar-refractivity contribution is 1.09. The van der Waals surface area contributed by atoms with Crippen LogP contribution in [0.4, 0.5) is 0 Å². The first-order valence-corrected chi connectivity index (χ1v) is 6.65. The summed E-state index contributed by atoms with van der Waals surface area (Å²) in [5.74, 6) is 6.79. The van der Waals surface area contributed by atoms with Crippen LogP contribution in [0.3, 0.4) is 0 Å². The summed E-state index contributed by atoms with van der Waals surface area (Å²) in [4.78, 5) is 13.1. The van der Waals surface area contributed by atoms with Crippen LogP contribution in [0.2, 0.25) is 0 Å². The lowest BCUT2D eigenvalue weighted by Crippen LogP contribution is -1.94. The molecule has 100 valence electrons. The first kappa shape index (κ1) is 13.0. The topological polar surface area (TPSA) is 38.7 Å². The van der Waals surface area contributed by atoms with E-state index in [1.165, 1.54) is 0 Å². The Kier molecular flexibility index (Phi) is 3.70. The Morgan fingerprint density at radius 1 is 0.810 bits per heavy atom. The van der Waals surface area contributed by atoms with Gasteiger partial charge in [-0.2, -0.15) is 0 Å². The molecule has 0 fully saturated rings. The van der Waals surface area contributed by atoms with E-state index in [-0.39, 0.29) is 0 Å². The van der Waals surface area contributed by atoms with Crippen LogP contribution in [0.1, 0.15) is 17.0 Å². The van der Waals surface area contributed by atoms with Crippen LogP contribution in [-0.4, -0.2) is 15.0 Å². The highest BCUT2D eigenvalue weighted by atomic mass is 14.9. The zero-order valence-corrected chi connectivity index (χ0v) is 11.6. The van der Waals surface area contributed by atoms with Crippen LogP contribution >= 0.6 is 0 Å². The summed E-state index contributed by atoms with van der Waals surface area (Å²) in [6.07, 6.45) is 1.74. The molecule has 21 heavy (non-hydrogen) atoms. The van der Waals surface area contributed by atoms with Crippen molar-refractivity contribution in [2.75, 3.05) is 0 Å². The van der Waals surface area contributed by atoms with Gasteiger partial charge in [0.1, 0.15) is 11.4 Å². The molecule has 0 saturated carbocycles. The summed E-state index contributed by atoms with van der Waals surface area (Å²) in [5, 5.41) is 0. The maximum atomic E-state index is 4.50. The van der Waals surface area contributed by atoms with Gasteiger partial charge in [0.2, 0.25) is 0 Å². The molecule has 3 nitrogen and oxygen atoms in total. The van der Waals surface area contributed by atoms with E-state index in [1.807, 2.05) is 61.5 Å². The van der Waals surface area contributed by atoms with Gasteiger partial charge in [-0.05, 0) is 43.2 Å². The van der Waals surface area contributed by atoms with Gasteiger partial charge in [-0.1, -0.05) is 30.2 Å². The fourth-order valence-corrected chi connectivity index (χ4v) is 1.86. The lowest BCUT2D eigenvalue weighted by Gasteiger charge is -2.00. The molecule has 0 spiro atoms. The van der Waals surface area contributed by atoms with Gasteiger partial charge in [-0.3, -0.25) is 0 Å². The number of benzene rings is 1. The van der Waals surface area contributed by atoms with Crippen LogP contribution in [0.5, 0.6) is 0 Å². The van der Waals surface area contributed by atoms with Crippen LogP contribution < -0.4 is 0 Å². The zero-order valence-electron chi connectivity index (χ0n) is 11.6. The van der Waals surface area contributed by atoms with Crippen molar-refractivity contribution >= 4 is 0 Å². The minimum atomic E-state index is 0.623. The van der Waals surface area contributed by atoms with E-state index < -0.39 is 0 Å². The van der Waals surface area contributed by atoms with E-state index in [4.69, 9.17) is 0 Å². The molecular formula is C18H13N3. The molecule has 0 aliphatic heterocycles. The average Bonchev–Trinajstić information content (AvgIpc) is 2.54. The molecule has 0 amide bonds. The molecule has 0 unspecified atom stereocenters. The third-order valence-electron chi connectivity index (χ3n) is 2.88. The van der Waals surface area contributed by atoms with Crippen molar-refractivity contribution in [3.8, 4) is 23.4 Å². The van der Waals surface area contributed by atoms with Crippen molar-refractivity contribution in [3.63, 3.8) is 0 Å². The van der Waals surface area contributed by atoms with E-state index in [0.29, 0.717) is 11.5 Å². The van der Waals surface area contributed by atoms with Crippen LogP contribution in [0.15, 0.2) is 60.8 Å². The van der Waals surface area contributed by atoms with Crippen LogP contribution in [0.25, 0.3) is 11.5 Å². The molecule has 0 atom stereocenters. The molecule has 3 heteroatoms. The summed E-state index contributed by atoms with van der Waals surface area (Å²) in [6.45, 7) is 1.93. The Morgan fingerprint density at radius 3 is 2.48 bits per heavy atom. The van der Waals surface area contributed by atoms with Crippen molar-refractivity contribution in [1.29, 1.82) is 0 Å². The van der Waals surface area contributed by atoms with Gasteiger partial charge in [-0.25, -0.2) is 15.0 Å². The molecule has 0 aliphatic carbocycles. The van der Waals surface area contributed by atoms with Crippen molar-refractivity contribution in [2.45, 2.75) is 6.92 Å². The SMILES string of the molecule is Cc1ccnc(-c2cccc(C#Cc3ccccc3)n2)n1. The Morgan fingerprint density at radius 2 is 1.67 bits per heavy atom. The average molecular weight is 271 g/mol. The van der Waals surface area contributed by atoms with Gasteiger partial charge in [0.25, 0.3) is 0 Å². The van der Waals surface area contributed by atoms with Crippen LogP contribution in [-0.2, 0) is 0 Å². The molecule has 0 saturated heterocycles. The molecule has 0 aliphatic rings. The largest absolute Gasteiger partial charge is 0.236 e. The standard InChI is InChI=1S/C18H13N3/c1-14-12-13-19-18(20-14)17-9-5-8-16(21-17)11-10-15-6-3-2-4-7-15/h2-9,12-13H,1H3. The molecule has 3 rings (SSSR count). The first-order valence-electron chi connectivity index (χ1n) is 6.65. The fraction of sp³-hybridized carbons (Fsp3) is 0.0556. The summed E-state index contributed by atoms with van der Waals surface area (Å²) in [6, 6.07) is 17.4. The summed E-state index contributed by atoms with van der Waals surface area (Å²) in [5.41, 5.74) is 3.33. The van der Waals surface area contributed by atoms with E-state index in [1.54, 1.807) is 6.20 Å². The predicted octanol–water partition coefficient (Wildman–Crippen LogP) is 3.25. The van der Waals surface area contributed by atoms with Gasteiger partial charge in [-0.15, -0.1) is 0 Å². The van der Waals surface area contributed by atoms with E-state index in [0.717, 1.165) is 17.0 Å². The van der Waals surface area contributed by atoms with Crippen molar-refractivity contribution in [3.05, 3.63) is 77.7 Å². The smallest absolute Gasteiger partial charge is 0.178 e. The predicted molar refractivity (Wildman–Crippen MR) is 82.4 cm³/mol. The third-order valence-corrected chi connectivity index (χ3v) is 2.88. The Balaban J connectivity index is 1.93. The highest BCUT2D eigenvalue weighted by molar-refractivity contribution is 5.51. The minimum absolute atomic E-state index is 0.623. The van der Waals surface area contributed by atoms with E-state index in [2.05, 4.69) is 26.8 Å². The molecule has 0 N–H and O–H groups in total. The monoisotopic (exact) mass is 271 g/mol. The highest BCUT2D eigenvalue weighted by Gasteiger charge is 2.03. The van der Waals surface area contributed by atoms with Gasteiger partial charge >= 0.3 is 0 Å². The lowest BCUT2D eigenvalue weighted by atomic mass is 10.2. The van der Waals surface area contributed by atoms with Gasteiger partial charge in [0.15, 0.2) is 5.82 Å². The van der Waals surface area contributed by atoms with Crippen molar-refractivity contribution in [2.24, 2.45) is 0 Å². The summed E-state index contributed by atoms with van der Waals surface area (Å²) in [7, 11) is 0. The number of hydrogen-bond donors (Lipinski definition) is 0. The van der Waals surface area contributed by atoms with E-state index in [9.17, 15) is 0 Å². The number of nitrogens with zero attached hydrogens (tertiary/aromatic N) is 3. The van der Waals surface area contributed by atoms with Gasteiger partial charge in [0, 0.05) is 17.5 Å².